The number of Topliss-reactive ketones (excluding diaryl/α,β-unsaturated/α-hetero) is 2. The molecule has 0 aromatic heterocycles. The van der Waals surface area contributed by atoms with Crippen molar-refractivity contribution in [2.24, 2.45) is 29.1 Å². The van der Waals surface area contributed by atoms with Crippen molar-refractivity contribution < 1.29 is 28.6 Å². The molecule has 0 bridgehead atoms. The van der Waals surface area contributed by atoms with Gasteiger partial charge in [-0.2, -0.15) is 0 Å². The maximum atomic E-state index is 13.6. The number of hydrogen-bond donors (Lipinski definition) is 0. The summed E-state index contributed by atoms with van der Waals surface area (Å²) in [6.07, 6.45) is 2.91. The van der Waals surface area contributed by atoms with Crippen LogP contribution >= 0.6 is 0 Å². The van der Waals surface area contributed by atoms with Gasteiger partial charge in [0.1, 0.15) is 17.8 Å². The Labute approximate surface area is 219 Å². The molecule has 0 N–H and O–H groups in total. The first kappa shape index (κ1) is 30.9. The topological polar surface area (TPSA) is 82.1 Å². The fraction of sp³-hybridized carbons (Fsp3) is 0.897. The van der Waals surface area contributed by atoms with Crippen LogP contribution in [0.15, 0.2) is 0 Å². The van der Waals surface area contributed by atoms with Gasteiger partial charge >= 0.3 is 5.97 Å². The average molecular weight is 510 g/mol. The summed E-state index contributed by atoms with van der Waals surface area (Å²) >= 11 is 0. The number of carbonyl (C=O) groups excluding carboxylic acids is 3. The van der Waals surface area contributed by atoms with Crippen molar-refractivity contribution in [1.82, 2.24) is 4.90 Å². The number of rotatable bonds is 4. The Bertz CT molecular complexity index is 765. The Balaban J connectivity index is 2.41. The molecule has 0 amide bonds. The Kier molecular flexibility index (Phi) is 11.1. The van der Waals surface area contributed by atoms with Crippen molar-refractivity contribution in [1.29, 1.82) is 0 Å². The molecule has 0 aromatic carbocycles. The van der Waals surface area contributed by atoms with Gasteiger partial charge in [0.05, 0.1) is 12.2 Å². The molecule has 36 heavy (non-hydrogen) atoms. The van der Waals surface area contributed by atoms with Crippen LogP contribution in [0.25, 0.3) is 0 Å². The van der Waals surface area contributed by atoms with E-state index >= 15 is 0 Å². The van der Waals surface area contributed by atoms with Crippen molar-refractivity contribution in [2.75, 3.05) is 14.1 Å². The lowest BCUT2D eigenvalue weighted by Crippen LogP contribution is -2.50. The second-order valence-electron chi connectivity index (χ2n) is 12.4. The van der Waals surface area contributed by atoms with E-state index in [1.807, 2.05) is 34.6 Å². The zero-order valence-electron chi connectivity index (χ0n) is 24.3. The van der Waals surface area contributed by atoms with Gasteiger partial charge in [-0.1, -0.05) is 41.5 Å². The average Bonchev–Trinajstić information content (AvgIpc) is 2.81. The molecule has 0 radical (unpaired) electrons. The van der Waals surface area contributed by atoms with E-state index in [2.05, 4.69) is 32.8 Å². The highest BCUT2D eigenvalue weighted by molar-refractivity contribution is 6.00. The van der Waals surface area contributed by atoms with Crippen molar-refractivity contribution in [3.05, 3.63) is 0 Å². The first-order chi connectivity index (χ1) is 16.7. The van der Waals surface area contributed by atoms with Gasteiger partial charge in [-0.25, -0.2) is 0 Å². The van der Waals surface area contributed by atoms with E-state index in [1.165, 1.54) is 0 Å². The van der Waals surface area contributed by atoms with Crippen LogP contribution in [0.2, 0.25) is 0 Å². The van der Waals surface area contributed by atoms with Crippen LogP contribution < -0.4 is 0 Å². The second-order valence-corrected chi connectivity index (χ2v) is 12.4. The van der Waals surface area contributed by atoms with Gasteiger partial charge in [0.25, 0.3) is 0 Å². The monoisotopic (exact) mass is 509 g/mol. The summed E-state index contributed by atoms with van der Waals surface area (Å²) in [6, 6.07) is 0.313. The third kappa shape index (κ3) is 7.84. The number of hydrogen-bond acceptors (Lipinski definition) is 7. The molecule has 0 unspecified atom stereocenters. The molecule has 0 saturated carbocycles. The van der Waals surface area contributed by atoms with Crippen LogP contribution in [0.4, 0.5) is 0 Å². The summed E-state index contributed by atoms with van der Waals surface area (Å²) in [5.41, 5.74) is -0.499. The van der Waals surface area contributed by atoms with Crippen LogP contribution in [-0.4, -0.2) is 67.2 Å². The molecule has 208 valence electrons. The van der Waals surface area contributed by atoms with Crippen molar-refractivity contribution >= 4 is 17.5 Å². The molecule has 2 heterocycles. The van der Waals surface area contributed by atoms with E-state index < -0.39 is 35.6 Å². The second kappa shape index (κ2) is 13.0. The minimum atomic E-state index is -0.879. The standard InChI is InChI=1S/C29H51NO6/c1-11-23-13-12-17(2)25(31)18(3)16-29(7,8)27(20(5)26(32)21(6)28(33)35-23)36-24-15-22(30(9)10)14-19(4)34-24/h17-24,27H,11-16H2,1-10H3/t17-,18-,19-,20+,21-,22+,23-,24+,27-/m1/s1. The van der Waals surface area contributed by atoms with Crippen LogP contribution in [0.1, 0.15) is 93.9 Å². The van der Waals surface area contributed by atoms with Gasteiger partial charge in [0.15, 0.2) is 12.1 Å². The Morgan fingerprint density at radius 3 is 2.17 bits per heavy atom. The highest BCUT2D eigenvalue weighted by Gasteiger charge is 2.45. The highest BCUT2D eigenvalue weighted by Crippen LogP contribution is 2.40. The number of esters is 1. The molecule has 9 atom stereocenters. The molecule has 0 aliphatic carbocycles. The largest absolute Gasteiger partial charge is 0.462 e. The summed E-state index contributed by atoms with van der Waals surface area (Å²) in [7, 11) is 4.12. The maximum absolute atomic E-state index is 13.6. The third-order valence-corrected chi connectivity index (χ3v) is 8.40. The summed E-state index contributed by atoms with van der Waals surface area (Å²) in [5, 5.41) is 0. The highest BCUT2D eigenvalue weighted by atomic mass is 16.7. The van der Waals surface area contributed by atoms with Crippen molar-refractivity contribution in [3.8, 4) is 0 Å². The molecule has 7 heteroatoms. The van der Waals surface area contributed by atoms with E-state index in [9.17, 15) is 14.4 Å². The SMILES string of the molecule is CC[C@@H]1CC[C@@H](C)C(=O)[C@H](C)CC(C)(C)[C@H](O[C@H]2C[C@@H](N(C)C)C[C@@H](C)O2)[C@@H](C)C(=O)[C@@H](C)C(=O)O1. The smallest absolute Gasteiger partial charge is 0.316 e. The Hall–Kier alpha value is -1.31. The molecule has 0 aromatic rings. The molecular formula is C29H51NO6. The first-order valence-electron chi connectivity index (χ1n) is 13.9. The molecule has 2 aliphatic rings. The Morgan fingerprint density at radius 2 is 1.58 bits per heavy atom. The van der Waals surface area contributed by atoms with E-state index in [1.54, 1.807) is 6.92 Å². The van der Waals surface area contributed by atoms with E-state index in [4.69, 9.17) is 14.2 Å². The van der Waals surface area contributed by atoms with Gasteiger partial charge < -0.3 is 19.1 Å². The minimum absolute atomic E-state index is 0.0324. The predicted molar refractivity (Wildman–Crippen MR) is 140 cm³/mol. The third-order valence-electron chi connectivity index (χ3n) is 8.40. The van der Waals surface area contributed by atoms with Gasteiger partial charge in [-0.05, 0) is 65.5 Å². The van der Waals surface area contributed by atoms with E-state index in [0.29, 0.717) is 38.1 Å². The van der Waals surface area contributed by atoms with Crippen LogP contribution in [0, 0.1) is 29.1 Å². The molecule has 2 aliphatic heterocycles. The van der Waals surface area contributed by atoms with Gasteiger partial charge in [-0.15, -0.1) is 0 Å². The van der Waals surface area contributed by atoms with Crippen LogP contribution in [0.3, 0.4) is 0 Å². The number of carbonyl (C=O) groups is 3. The molecule has 7 nitrogen and oxygen atoms in total. The van der Waals surface area contributed by atoms with Crippen LogP contribution in [-0.2, 0) is 28.6 Å². The van der Waals surface area contributed by atoms with Crippen molar-refractivity contribution in [3.63, 3.8) is 0 Å². The minimum Gasteiger partial charge on any atom is -0.462 e. The fourth-order valence-electron chi connectivity index (χ4n) is 6.07. The van der Waals surface area contributed by atoms with Crippen LogP contribution in [0.5, 0.6) is 0 Å². The Morgan fingerprint density at radius 1 is 0.944 bits per heavy atom. The zero-order chi connectivity index (χ0) is 27.4. The maximum Gasteiger partial charge on any atom is 0.316 e. The molecular weight excluding hydrogens is 458 g/mol. The quantitative estimate of drug-likeness (QED) is 0.388. The lowest BCUT2D eigenvalue weighted by atomic mass is 9.70. The number of cyclic esters (lactones) is 1. The summed E-state index contributed by atoms with van der Waals surface area (Å²) in [6.45, 7) is 15.6. The molecule has 2 rings (SSSR count). The lowest BCUT2D eigenvalue weighted by molar-refractivity contribution is -0.246. The van der Waals surface area contributed by atoms with Gasteiger partial charge in [0, 0.05) is 30.2 Å². The first-order valence-corrected chi connectivity index (χ1v) is 13.9. The lowest BCUT2D eigenvalue weighted by Gasteiger charge is -2.44. The van der Waals surface area contributed by atoms with Gasteiger partial charge in [-0.3, -0.25) is 14.4 Å². The predicted octanol–water partition coefficient (Wildman–Crippen LogP) is 5.04. The number of ketones is 2. The fourth-order valence-corrected chi connectivity index (χ4v) is 6.07. The number of ether oxygens (including phenoxy) is 3. The molecule has 0 spiro atoms. The molecule has 2 fully saturated rings. The summed E-state index contributed by atoms with van der Waals surface area (Å²) in [5.74, 6) is -2.21. The van der Waals surface area contributed by atoms with Crippen molar-refractivity contribution in [2.45, 2.75) is 125 Å². The zero-order valence-corrected chi connectivity index (χ0v) is 24.3. The van der Waals surface area contributed by atoms with E-state index in [0.717, 1.165) is 6.42 Å². The summed E-state index contributed by atoms with van der Waals surface area (Å²) < 4.78 is 18.6. The van der Waals surface area contributed by atoms with E-state index in [-0.39, 0.29) is 35.6 Å². The molecule has 2 saturated heterocycles. The number of nitrogens with zero attached hydrogens (tertiary/aromatic N) is 1. The van der Waals surface area contributed by atoms with Gasteiger partial charge in [0.2, 0.25) is 0 Å². The normalized spacial score (nSPS) is 39.5. The summed E-state index contributed by atoms with van der Waals surface area (Å²) in [4.78, 5) is 42.0.